The molecule has 0 amide bonds. The molecule has 0 spiro atoms. The lowest BCUT2D eigenvalue weighted by Gasteiger charge is -2.51. The van der Waals surface area contributed by atoms with Crippen molar-refractivity contribution in [3.63, 3.8) is 0 Å². The Balaban J connectivity index is 1.24. The average molecular weight is 708 g/mol. The van der Waals surface area contributed by atoms with Crippen molar-refractivity contribution in [1.82, 2.24) is 4.57 Å². The minimum Gasteiger partial charge on any atom is -0.456 e. The number of para-hydroxylation sites is 5. The Kier molecular flexibility index (Phi) is 5.65. The largest absolute Gasteiger partial charge is 0.456 e. The van der Waals surface area contributed by atoms with Crippen LogP contribution in [0, 0.1) is 0 Å². The van der Waals surface area contributed by atoms with Crippen LogP contribution in [0.5, 0.6) is 0 Å². The minimum atomic E-state index is -0.0863. The molecule has 9 aromatic rings. The highest BCUT2D eigenvalue weighted by molar-refractivity contribution is 6.93. The molecule has 0 bridgehead atoms. The number of benzene rings is 7. The van der Waals surface area contributed by atoms with E-state index in [-0.39, 0.29) is 17.8 Å². The molecule has 0 saturated heterocycles. The number of furan rings is 1. The second kappa shape index (κ2) is 10.3. The lowest BCUT2D eigenvalue weighted by Crippen LogP contribution is -2.60. The molecule has 1 saturated carbocycles. The fraction of sp³-hybridized carbons (Fsp3) is 0.160. The smallest absolute Gasteiger partial charge is 0.333 e. The molecule has 3 aliphatic heterocycles. The Morgan fingerprint density at radius 2 is 1.31 bits per heavy atom. The third kappa shape index (κ3) is 3.56. The fourth-order valence-electron chi connectivity index (χ4n) is 11.7. The predicted octanol–water partition coefficient (Wildman–Crippen LogP) is 11.7. The first-order chi connectivity index (χ1) is 27.0. The van der Waals surface area contributed by atoms with E-state index in [1.165, 1.54) is 97.1 Å². The summed E-state index contributed by atoms with van der Waals surface area (Å²) in [5.41, 5.74) is 17.4. The van der Waals surface area contributed by atoms with Crippen molar-refractivity contribution in [3.8, 4) is 16.8 Å². The second-order valence-electron chi connectivity index (χ2n) is 16.7. The molecule has 2 unspecified atom stereocenters. The lowest BCUT2D eigenvalue weighted by molar-refractivity contribution is 0.195. The third-order valence-corrected chi connectivity index (χ3v) is 14.3. The Labute approximate surface area is 320 Å². The van der Waals surface area contributed by atoms with Gasteiger partial charge in [0.15, 0.2) is 0 Å². The van der Waals surface area contributed by atoms with E-state index >= 15 is 0 Å². The van der Waals surface area contributed by atoms with Gasteiger partial charge in [0.1, 0.15) is 11.2 Å². The fourth-order valence-corrected chi connectivity index (χ4v) is 11.7. The van der Waals surface area contributed by atoms with Crippen molar-refractivity contribution in [2.75, 3.05) is 9.71 Å². The second-order valence-corrected chi connectivity index (χ2v) is 16.7. The lowest BCUT2D eigenvalue weighted by atomic mass is 9.44. The van der Waals surface area contributed by atoms with Gasteiger partial charge in [0, 0.05) is 55.3 Å². The molecule has 5 heteroatoms. The van der Waals surface area contributed by atoms with Crippen LogP contribution < -0.4 is 20.6 Å². The number of anilines is 4. The maximum atomic E-state index is 6.67. The summed E-state index contributed by atoms with van der Waals surface area (Å²) in [5.74, 6) is 0. The zero-order valence-corrected chi connectivity index (χ0v) is 31.0. The van der Waals surface area contributed by atoms with Crippen LogP contribution in [0.15, 0.2) is 150 Å². The van der Waals surface area contributed by atoms with Gasteiger partial charge in [-0.1, -0.05) is 111 Å². The summed E-state index contributed by atoms with van der Waals surface area (Å²) in [5, 5.41) is 4.96. The van der Waals surface area contributed by atoms with Crippen LogP contribution in [0.4, 0.5) is 22.7 Å². The molecule has 2 aromatic heterocycles. The third-order valence-electron chi connectivity index (χ3n) is 14.3. The summed E-state index contributed by atoms with van der Waals surface area (Å²) in [7, 11) is 0. The summed E-state index contributed by atoms with van der Waals surface area (Å²) >= 11 is 0. The maximum absolute atomic E-state index is 6.67. The number of fused-ring (bicyclic) bond motifs is 14. The van der Waals surface area contributed by atoms with Crippen molar-refractivity contribution in [3.05, 3.63) is 151 Å². The van der Waals surface area contributed by atoms with E-state index in [1.54, 1.807) is 0 Å². The molecule has 13 rings (SSSR count). The van der Waals surface area contributed by atoms with Gasteiger partial charge in [0.05, 0.1) is 22.3 Å². The van der Waals surface area contributed by atoms with Gasteiger partial charge in [-0.2, -0.15) is 0 Å². The zero-order valence-electron chi connectivity index (χ0n) is 31.0. The quantitative estimate of drug-likeness (QED) is 0.167. The zero-order chi connectivity index (χ0) is 36.2. The first kappa shape index (κ1) is 30.2. The van der Waals surface area contributed by atoms with Crippen molar-refractivity contribution in [2.24, 2.45) is 0 Å². The number of nitrogens with zero attached hydrogens (tertiary/aromatic N) is 3. The van der Waals surface area contributed by atoms with Gasteiger partial charge in [-0.3, -0.25) is 0 Å². The molecule has 55 heavy (non-hydrogen) atoms. The summed E-state index contributed by atoms with van der Waals surface area (Å²) in [6, 6.07) is 54.4. The van der Waals surface area contributed by atoms with Crippen molar-refractivity contribution in [2.45, 2.75) is 50.5 Å². The Bertz CT molecular complexity index is 3120. The molecule has 7 aromatic carbocycles. The molecule has 1 aliphatic carbocycles. The molecule has 4 aliphatic rings. The van der Waals surface area contributed by atoms with E-state index in [2.05, 4.69) is 174 Å². The summed E-state index contributed by atoms with van der Waals surface area (Å²) < 4.78 is 9.27. The monoisotopic (exact) mass is 707 g/mol. The van der Waals surface area contributed by atoms with Gasteiger partial charge >= 0.3 is 6.85 Å². The first-order valence-corrected chi connectivity index (χ1v) is 19.9. The molecule has 262 valence electrons. The van der Waals surface area contributed by atoms with Gasteiger partial charge in [-0.15, -0.1) is 0 Å². The van der Waals surface area contributed by atoms with Crippen LogP contribution in [-0.4, -0.2) is 17.0 Å². The SMILES string of the molecule is CC12CCCCC1(C)N(c1cc3c4c5c1c1ccccc1n5-c1ccccc1B4N(c1ccccc1)c1cc4c(cc1-3)oc1ccccc14)c1ccccc12. The van der Waals surface area contributed by atoms with Crippen LogP contribution in [-0.2, 0) is 5.41 Å². The minimum absolute atomic E-state index is 0.0357. The van der Waals surface area contributed by atoms with Crippen LogP contribution in [0.3, 0.4) is 0 Å². The van der Waals surface area contributed by atoms with E-state index in [0.717, 1.165) is 28.4 Å². The Morgan fingerprint density at radius 3 is 2.20 bits per heavy atom. The Morgan fingerprint density at radius 1 is 0.582 bits per heavy atom. The molecule has 4 nitrogen and oxygen atoms in total. The van der Waals surface area contributed by atoms with E-state index < -0.39 is 0 Å². The molecular formula is C50H38BN3O. The standard InChI is InChI=1S/C50H38BN3O/c1-49-26-14-15-27-50(49,2)53(40-23-11-8-20-37(40)49)43-29-36-34-30-45-35(32-18-7-13-25-44(32)55-45)28-42(34)54(31-16-4-3-5-17-31)51-38-21-9-12-24-41(38)52-39-22-10-6-19-33(39)46(43)48(52)47(36)51/h3-13,16-25,28-30H,14-15,26-27H2,1-2H3. The number of rotatable bonds is 2. The van der Waals surface area contributed by atoms with Gasteiger partial charge in [0.2, 0.25) is 0 Å². The van der Waals surface area contributed by atoms with Crippen LogP contribution >= 0.6 is 0 Å². The molecule has 5 heterocycles. The number of aromatic nitrogens is 1. The molecule has 0 N–H and O–H groups in total. The average Bonchev–Trinajstić information content (AvgIpc) is 3.84. The summed E-state index contributed by atoms with van der Waals surface area (Å²) in [6.45, 7) is 5.07. The van der Waals surface area contributed by atoms with Crippen LogP contribution in [0.25, 0.3) is 60.6 Å². The molecule has 0 radical (unpaired) electrons. The van der Waals surface area contributed by atoms with E-state index in [4.69, 9.17) is 4.42 Å². The maximum Gasteiger partial charge on any atom is 0.333 e. The van der Waals surface area contributed by atoms with Gasteiger partial charge < -0.3 is 18.7 Å². The van der Waals surface area contributed by atoms with Crippen molar-refractivity contribution in [1.29, 1.82) is 0 Å². The highest BCUT2D eigenvalue weighted by Crippen LogP contribution is 2.62. The van der Waals surface area contributed by atoms with Crippen molar-refractivity contribution >= 4 is 84.3 Å². The Hall–Kier alpha value is -6.20. The van der Waals surface area contributed by atoms with Crippen molar-refractivity contribution < 1.29 is 4.42 Å². The van der Waals surface area contributed by atoms with Gasteiger partial charge in [0.25, 0.3) is 0 Å². The highest BCUT2D eigenvalue weighted by Gasteiger charge is 2.58. The summed E-state index contributed by atoms with van der Waals surface area (Å²) in [6.07, 6.45) is 4.85. The molecular weight excluding hydrogens is 669 g/mol. The van der Waals surface area contributed by atoms with E-state index in [0.29, 0.717) is 0 Å². The first-order valence-electron chi connectivity index (χ1n) is 19.9. The normalized spacial score (nSPS) is 20.7. The van der Waals surface area contributed by atoms with E-state index in [9.17, 15) is 0 Å². The molecule has 1 fully saturated rings. The van der Waals surface area contributed by atoms with E-state index in [1.807, 2.05) is 0 Å². The predicted molar refractivity (Wildman–Crippen MR) is 230 cm³/mol. The number of hydrogen-bond donors (Lipinski definition) is 0. The van der Waals surface area contributed by atoms with Gasteiger partial charge in [-0.25, -0.2) is 0 Å². The summed E-state index contributed by atoms with van der Waals surface area (Å²) in [4.78, 5) is 5.41. The number of hydrogen-bond acceptors (Lipinski definition) is 3. The molecule has 2 atom stereocenters. The van der Waals surface area contributed by atoms with Crippen LogP contribution in [0.1, 0.15) is 45.1 Å². The van der Waals surface area contributed by atoms with Gasteiger partial charge in [-0.05, 0) is 96.4 Å². The van der Waals surface area contributed by atoms with Crippen LogP contribution in [0.2, 0.25) is 0 Å². The highest BCUT2D eigenvalue weighted by atomic mass is 16.3. The topological polar surface area (TPSA) is 24.6 Å².